The molecule has 1 unspecified atom stereocenters. The highest BCUT2D eigenvalue weighted by Gasteiger charge is 2.26. The summed E-state index contributed by atoms with van der Waals surface area (Å²) in [7, 11) is 0. The molecule has 0 saturated carbocycles. The van der Waals surface area contributed by atoms with E-state index < -0.39 is 0 Å². The lowest BCUT2D eigenvalue weighted by Crippen LogP contribution is -2.35. The minimum Gasteiger partial charge on any atom is -0.361 e. The third-order valence-electron chi connectivity index (χ3n) is 5.42. The summed E-state index contributed by atoms with van der Waals surface area (Å²) in [5.41, 5.74) is 2.24. The van der Waals surface area contributed by atoms with Gasteiger partial charge in [-0.15, -0.1) is 0 Å². The monoisotopic (exact) mass is 329 g/mol. The van der Waals surface area contributed by atoms with Gasteiger partial charge in [-0.25, -0.2) is 4.98 Å². The molecule has 1 atom stereocenters. The van der Waals surface area contributed by atoms with Crippen molar-refractivity contribution in [2.45, 2.75) is 46.3 Å². The van der Waals surface area contributed by atoms with Gasteiger partial charge in [-0.05, 0) is 39.8 Å². The zero-order valence-electron chi connectivity index (χ0n) is 14.7. The second kappa shape index (κ2) is 6.69. The number of fused-ring (bicyclic) bond motifs is 1. The number of hydrogen-bond acceptors (Lipinski definition) is 5. The molecule has 0 aromatic carbocycles. The predicted molar refractivity (Wildman–Crippen MR) is 91.5 cm³/mol. The van der Waals surface area contributed by atoms with Crippen LogP contribution >= 0.6 is 0 Å². The maximum absolute atomic E-state index is 5.35. The molecular weight excluding hydrogens is 302 g/mol. The minimum atomic E-state index is 0.638. The quantitative estimate of drug-likeness (QED) is 0.861. The molecule has 4 heterocycles. The molecule has 4 rings (SSSR count). The Balaban J connectivity index is 1.52. The standard InChI is InChI=1S/C18H27N5O/c1-14-17(15(2)24-20-14)12-22-10-16(9-21-6-3-4-7-21)11-23-8-5-19-18(23)13-22/h5,8,16H,3-4,6-7,9-13H2,1-2H3. The maximum atomic E-state index is 5.35. The van der Waals surface area contributed by atoms with Crippen LogP contribution in [-0.4, -0.2) is 50.7 Å². The highest BCUT2D eigenvalue weighted by Crippen LogP contribution is 2.22. The first kappa shape index (κ1) is 15.8. The normalized spacial score (nSPS) is 22.7. The van der Waals surface area contributed by atoms with Crippen LogP contribution in [0.25, 0.3) is 0 Å². The second-order valence-corrected chi connectivity index (χ2v) is 7.34. The molecule has 2 aliphatic rings. The summed E-state index contributed by atoms with van der Waals surface area (Å²) in [4.78, 5) is 9.71. The van der Waals surface area contributed by atoms with Gasteiger partial charge in [-0.3, -0.25) is 4.90 Å². The van der Waals surface area contributed by atoms with Gasteiger partial charge in [-0.2, -0.15) is 0 Å². The van der Waals surface area contributed by atoms with Crippen molar-refractivity contribution in [3.63, 3.8) is 0 Å². The molecule has 2 aromatic heterocycles. The molecule has 0 amide bonds. The topological polar surface area (TPSA) is 50.3 Å². The lowest BCUT2D eigenvalue weighted by atomic mass is 10.1. The van der Waals surface area contributed by atoms with Crippen LogP contribution in [0.4, 0.5) is 0 Å². The van der Waals surface area contributed by atoms with Crippen molar-refractivity contribution < 1.29 is 4.52 Å². The zero-order chi connectivity index (χ0) is 16.5. The Hall–Kier alpha value is -1.66. The molecule has 0 bridgehead atoms. The number of nitrogens with zero attached hydrogens (tertiary/aromatic N) is 5. The number of aryl methyl sites for hydroxylation is 2. The number of rotatable bonds is 4. The third kappa shape index (κ3) is 3.26. The Labute approximate surface area is 143 Å². The van der Waals surface area contributed by atoms with Crippen molar-refractivity contribution in [1.82, 2.24) is 24.5 Å². The van der Waals surface area contributed by atoms with E-state index in [1.807, 2.05) is 20.0 Å². The third-order valence-corrected chi connectivity index (χ3v) is 5.42. The maximum Gasteiger partial charge on any atom is 0.138 e. The molecule has 0 radical (unpaired) electrons. The van der Waals surface area contributed by atoms with E-state index in [9.17, 15) is 0 Å². The Morgan fingerprint density at radius 1 is 1.17 bits per heavy atom. The molecule has 2 aromatic rings. The van der Waals surface area contributed by atoms with Crippen molar-refractivity contribution in [2.75, 3.05) is 26.2 Å². The average Bonchev–Trinajstić information content (AvgIpc) is 3.26. The van der Waals surface area contributed by atoms with Crippen LogP contribution in [0.5, 0.6) is 0 Å². The first-order chi connectivity index (χ1) is 11.7. The van der Waals surface area contributed by atoms with Gasteiger partial charge >= 0.3 is 0 Å². The van der Waals surface area contributed by atoms with E-state index in [0.29, 0.717) is 5.92 Å². The average molecular weight is 329 g/mol. The van der Waals surface area contributed by atoms with Crippen LogP contribution in [0.3, 0.4) is 0 Å². The number of aromatic nitrogens is 3. The van der Waals surface area contributed by atoms with Crippen molar-refractivity contribution in [3.8, 4) is 0 Å². The van der Waals surface area contributed by atoms with Gasteiger partial charge in [0.05, 0.1) is 12.2 Å². The van der Waals surface area contributed by atoms with Crippen LogP contribution in [0.15, 0.2) is 16.9 Å². The molecule has 6 nitrogen and oxygen atoms in total. The summed E-state index contributed by atoms with van der Waals surface area (Å²) in [5, 5.41) is 4.11. The Morgan fingerprint density at radius 3 is 2.75 bits per heavy atom. The van der Waals surface area contributed by atoms with Gasteiger partial charge in [0, 0.05) is 50.1 Å². The number of hydrogen-bond donors (Lipinski definition) is 0. The summed E-state index contributed by atoms with van der Waals surface area (Å²) in [6.45, 7) is 11.7. The zero-order valence-corrected chi connectivity index (χ0v) is 14.7. The molecule has 2 aliphatic heterocycles. The number of likely N-dealkylation sites (tertiary alicyclic amines) is 1. The van der Waals surface area contributed by atoms with Crippen LogP contribution in [0.2, 0.25) is 0 Å². The SMILES string of the molecule is Cc1noc(C)c1CN1Cc2nccn2CC(CN2CCCC2)C1. The summed E-state index contributed by atoms with van der Waals surface area (Å²) < 4.78 is 7.69. The van der Waals surface area contributed by atoms with E-state index in [4.69, 9.17) is 4.52 Å². The first-order valence-corrected chi connectivity index (χ1v) is 9.05. The van der Waals surface area contributed by atoms with Crippen LogP contribution < -0.4 is 0 Å². The van der Waals surface area contributed by atoms with Gasteiger partial charge in [0.1, 0.15) is 11.6 Å². The van der Waals surface area contributed by atoms with Crippen LogP contribution in [0, 0.1) is 19.8 Å². The highest BCUT2D eigenvalue weighted by molar-refractivity contribution is 5.20. The summed E-state index contributed by atoms with van der Waals surface area (Å²) >= 11 is 0. The van der Waals surface area contributed by atoms with Crippen LogP contribution in [-0.2, 0) is 19.6 Å². The Morgan fingerprint density at radius 2 is 2.00 bits per heavy atom. The first-order valence-electron chi connectivity index (χ1n) is 9.05. The summed E-state index contributed by atoms with van der Waals surface area (Å²) in [6, 6.07) is 0. The molecule has 24 heavy (non-hydrogen) atoms. The Kier molecular flexibility index (Phi) is 4.41. The van der Waals surface area contributed by atoms with E-state index in [-0.39, 0.29) is 0 Å². The second-order valence-electron chi connectivity index (χ2n) is 7.34. The predicted octanol–water partition coefficient (Wildman–Crippen LogP) is 2.22. The smallest absolute Gasteiger partial charge is 0.138 e. The minimum absolute atomic E-state index is 0.638. The van der Waals surface area contributed by atoms with E-state index in [1.54, 1.807) is 0 Å². The fraction of sp³-hybridized carbons (Fsp3) is 0.667. The van der Waals surface area contributed by atoms with Crippen molar-refractivity contribution in [1.29, 1.82) is 0 Å². The van der Waals surface area contributed by atoms with Gasteiger partial charge in [-0.1, -0.05) is 5.16 Å². The molecule has 1 saturated heterocycles. The molecule has 1 fully saturated rings. The van der Waals surface area contributed by atoms with Gasteiger partial charge in [0.15, 0.2) is 0 Å². The lowest BCUT2D eigenvalue weighted by Gasteiger charge is -2.27. The molecule has 130 valence electrons. The van der Waals surface area contributed by atoms with Gasteiger partial charge in [0.2, 0.25) is 0 Å². The highest BCUT2D eigenvalue weighted by atomic mass is 16.5. The van der Waals surface area contributed by atoms with Crippen LogP contribution in [0.1, 0.15) is 35.7 Å². The molecule has 0 aliphatic carbocycles. The summed E-state index contributed by atoms with van der Waals surface area (Å²) in [5.74, 6) is 2.75. The summed E-state index contributed by atoms with van der Waals surface area (Å²) in [6.07, 6.45) is 6.77. The number of imidazole rings is 1. The van der Waals surface area contributed by atoms with E-state index in [2.05, 4.69) is 30.7 Å². The van der Waals surface area contributed by atoms with E-state index in [1.165, 1.54) is 43.9 Å². The van der Waals surface area contributed by atoms with E-state index >= 15 is 0 Å². The molecular formula is C18H27N5O. The fourth-order valence-electron chi connectivity index (χ4n) is 4.14. The van der Waals surface area contributed by atoms with Crippen molar-refractivity contribution >= 4 is 0 Å². The molecule has 6 heteroatoms. The van der Waals surface area contributed by atoms with E-state index in [0.717, 1.165) is 37.6 Å². The van der Waals surface area contributed by atoms with Gasteiger partial charge in [0.25, 0.3) is 0 Å². The fourth-order valence-corrected chi connectivity index (χ4v) is 4.14. The molecule has 0 spiro atoms. The lowest BCUT2D eigenvalue weighted by molar-refractivity contribution is 0.181. The van der Waals surface area contributed by atoms with Crippen molar-refractivity contribution in [2.24, 2.45) is 5.92 Å². The Bertz CT molecular complexity index is 666. The van der Waals surface area contributed by atoms with Crippen molar-refractivity contribution in [3.05, 3.63) is 35.2 Å². The van der Waals surface area contributed by atoms with Gasteiger partial charge < -0.3 is 14.0 Å². The molecule has 0 N–H and O–H groups in total. The largest absolute Gasteiger partial charge is 0.361 e.